The number of nitrogens with one attached hydrogen (secondary N) is 1. The van der Waals surface area contributed by atoms with Gasteiger partial charge >= 0.3 is 0 Å². The van der Waals surface area contributed by atoms with Gasteiger partial charge in [0.1, 0.15) is 0 Å². The summed E-state index contributed by atoms with van der Waals surface area (Å²) < 4.78 is 5.40. The Labute approximate surface area is 89.4 Å². The van der Waals surface area contributed by atoms with Gasteiger partial charge < -0.3 is 10.1 Å². The summed E-state index contributed by atoms with van der Waals surface area (Å²) in [7, 11) is 1.82. The first-order valence-electron chi connectivity index (χ1n) is 5.77. The molecule has 14 heavy (non-hydrogen) atoms. The highest BCUT2D eigenvalue weighted by molar-refractivity contribution is 4.70. The van der Waals surface area contributed by atoms with E-state index in [9.17, 15) is 0 Å². The van der Waals surface area contributed by atoms with Crippen molar-refractivity contribution in [2.45, 2.75) is 65.0 Å². The van der Waals surface area contributed by atoms with Crippen molar-refractivity contribution in [2.75, 3.05) is 13.7 Å². The summed E-state index contributed by atoms with van der Waals surface area (Å²) in [6.07, 6.45) is 5.24. The molecule has 1 atom stereocenters. The first-order valence-corrected chi connectivity index (χ1v) is 5.77. The van der Waals surface area contributed by atoms with Gasteiger partial charge in [0.2, 0.25) is 0 Å². The molecule has 0 aliphatic rings. The van der Waals surface area contributed by atoms with Gasteiger partial charge in [0, 0.05) is 12.6 Å². The average molecular weight is 201 g/mol. The van der Waals surface area contributed by atoms with Crippen LogP contribution in [0.25, 0.3) is 0 Å². The second-order valence-corrected chi connectivity index (χ2v) is 4.97. The zero-order valence-corrected chi connectivity index (χ0v) is 10.5. The number of methoxy groups -OCH3 is 1. The molecular weight excluding hydrogens is 174 g/mol. The summed E-state index contributed by atoms with van der Waals surface area (Å²) in [4.78, 5) is 0. The second-order valence-electron chi connectivity index (χ2n) is 4.97. The standard InChI is InChI=1S/C12H27NO/c1-6-8-11(14-5)9-7-10-13-12(2,3)4/h11,13H,6-10H2,1-5H3/t11-/m0/s1. The molecule has 0 heterocycles. The van der Waals surface area contributed by atoms with E-state index in [1.807, 2.05) is 7.11 Å². The normalized spacial score (nSPS) is 14.4. The van der Waals surface area contributed by atoms with Crippen molar-refractivity contribution < 1.29 is 4.74 Å². The minimum absolute atomic E-state index is 0.243. The van der Waals surface area contributed by atoms with Gasteiger partial charge in [-0.15, -0.1) is 0 Å². The van der Waals surface area contributed by atoms with Gasteiger partial charge in [0.05, 0.1) is 6.10 Å². The van der Waals surface area contributed by atoms with Gasteiger partial charge in [0.15, 0.2) is 0 Å². The molecule has 0 aromatic heterocycles. The van der Waals surface area contributed by atoms with Crippen LogP contribution in [-0.2, 0) is 4.74 Å². The second kappa shape index (κ2) is 7.24. The Morgan fingerprint density at radius 3 is 2.29 bits per heavy atom. The maximum absolute atomic E-state index is 5.40. The predicted octanol–water partition coefficient (Wildman–Crippen LogP) is 2.97. The van der Waals surface area contributed by atoms with E-state index in [0.717, 1.165) is 6.54 Å². The summed E-state index contributed by atoms with van der Waals surface area (Å²) in [6, 6.07) is 0. The lowest BCUT2D eigenvalue weighted by Crippen LogP contribution is -2.36. The fourth-order valence-corrected chi connectivity index (χ4v) is 1.50. The Morgan fingerprint density at radius 2 is 1.86 bits per heavy atom. The summed E-state index contributed by atoms with van der Waals surface area (Å²) in [5, 5.41) is 3.49. The van der Waals surface area contributed by atoms with Gasteiger partial charge in [-0.1, -0.05) is 13.3 Å². The molecule has 0 unspecified atom stereocenters. The molecule has 2 heteroatoms. The van der Waals surface area contributed by atoms with E-state index >= 15 is 0 Å². The molecule has 2 nitrogen and oxygen atoms in total. The van der Waals surface area contributed by atoms with Crippen molar-refractivity contribution in [1.29, 1.82) is 0 Å². The molecular formula is C12H27NO. The number of ether oxygens (including phenoxy) is 1. The van der Waals surface area contributed by atoms with E-state index in [1.54, 1.807) is 0 Å². The highest BCUT2D eigenvalue weighted by atomic mass is 16.5. The van der Waals surface area contributed by atoms with Crippen LogP contribution in [0.5, 0.6) is 0 Å². The third-order valence-corrected chi connectivity index (χ3v) is 2.30. The first kappa shape index (κ1) is 13.9. The van der Waals surface area contributed by atoms with E-state index in [1.165, 1.54) is 25.7 Å². The van der Waals surface area contributed by atoms with Crippen LogP contribution in [0, 0.1) is 0 Å². The number of hydrogen-bond donors (Lipinski definition) is 1. The van der Waals surface area contributed by atoms with E-state index in [4.69, 9.17) is 4.74 Å². The van der Waals surface area contributed by atoms with Crippen molar-refractivity contribution in [2.24, 2.45) is 0 Å². The molecule has 0 aromatic rings. The minimum Gasteiger partial charge on any atom is -0.381 e. The molecule has 0 bridgehead atoms. The fraction of sp³-hybridized carbons (Fsp3) is 1.00. The Balaban J connectivity index is 3.42. The lowest BCUT2D eigenvalue weighted by molar-refractivity contribution is 0.0852. The molecule has 0 amide bonds. The Kier molecular flexibility index (Phi) is 7.20. The van der Waals surface area contributed by atoms with Crippen LogP contribution in [0.2, 0.25) is 0 Å². The molecule has 0 rings (SSSR count). The summed E-state index contributed by atoms with van der Waals surface area (Å²) in [5.41, 5.74) is 0.243. The van der Waals surface area contributed by atoms with Crippen molar-refractivity contribution in [3.05, 3.63) is 0 Å². The molecule has 0 spiro atoms. The van der Waals surface area contributed by atoms with E-state index in [-0.39, 0.29) is 5.54 Å². The first-order chi connectivity index (χ1) is 6.49. The van der Waals surface area contributed by atoms with Gasteiger partial charge in [-0.2, -0.15) is 0 Å². The molecule has 0 aromatic carbocycles. The number of rotatable bonds is 7. The molecule has 0 aliphatic heterocycles. The van der Waals surface area contributed by atoms with Crippen molar-refractivity contribution in [3.8, 4) is 0 Å². The average Bonchev–Trinajstić information content (AvgIpc) is 2.08. The Bertz CT molecular complexity index is 129. The third kappa shape index (κ3) is 8.52. The van der Waals surface area contributed by atoms with Crippen LogP contribution in [0.15, 0.2) is 0 Å². The maximum atomic E-state index is 5.40. The van der Waals surface area contributed by atoms with Gasteiger partial charge in [-0.3, -0.25) is 0 Å². The smallest absolute Gasteiger partial charge is 0.0571 e. The quantitative estimate of drug-likeness (QED) is 0.639. The highest BCUT2D eigenvalue weighted by Crippen LogP contribution is 2.08. The van der Waals surface area contributed by atoms with E-state index in [2.05, 4.69) is 33.0 Å². The molecule has 0 aliphatic carbocycles. The summed E-state index contributed by atoms with van der Waals surface area (Å²) >= 11 is 0. The molecule has 86 valence electrons. The molecule has 0 fully saturated rings. The maximum Gasteiger partial charge on any atom is 0.0571 e. The summed E-state index contributed by atoms with van der Waals surface area (Å²) in [6.45, 7) is 9.90. The van der Waals surface area contributed by atoms with Crippen LogP contribution < -0.4 is 5.32 Å². The van der Waals surface area contributed by atoms with Crippen LogP contribution >= 0.6 is 0 Å². The third-order valence-electron chi connectivity index (χ3n) is 2.30. The summed E-state index contributed by atoms with van der Waals surface area (Å²) in [5.74, 6) is 0. The fourth-order valence-electron chi connectivity index (χ4n) is 1.50. The SMILES string of the molecule is CCC[C@@H](CCCNC(C)(C)C)OC. The van der Waals surface area contributed by atoms with Crippen molar-refractivity contribution in [3.63, 3.8) is 0 Å². The molecule has 0 saturated heterocycles. The number of hydrogen-bond acceptors (Lipinski definition) is 2. The van der Waals surface area contributed by atoms with E-state index in [0.29, 0.717) is 6.10 Å². The Morgan fingerprint density at radius 1 is 1.21 bits per heavy atom. The van der Waals surface area contributed by atoms with Gasteiger partial charge in [0.25, 0.3) is 0 Å². The van der Waals surface area contributed by atoms with Crippen LogP contribution in [0.1, 0.15) is 53.4 Å². The van der Waals surface area contributed by atoms with Gasteiger partial charge in [-0.25, -0.2) is 0 Å². The Hall–Kier alpha value is -0.0800. The van der Waals surface area contributed by atoms with E-state index < -0.39 is 0 Å². The highest BCUT2D eigenvalue weighted by Gasteiger charge is 2.09. The zero-order valence-electron chi connectivity index (χ0n) is 10.5. The van der Waals surface area contributed by atoms with Crippen molar-refractivity contribution >= 4 is 0 Å². The molecule has 0 saturated carbocycles. The van der Waals surface area contributed by atoms with Gasteiger partial charge in [-0.05, 0) is 46.6 Å². The minimum atomic E-state index is 0.243. The lowest BCUT2D eigenvalue weighted by atomic mass is 10.1. The predicted molar refractivity (Wildman–Crippen MR) is 62.7 cm³/mol. The lowest BCUT2D eigenvalue weighted by Gasteiger charge is -2.21. The van der Waals surface area contributed by atoms with Crippen LogP contribution in [0.3, 0.4) is 0 Å². The molecule has 0 radical (unpaired) electrons. The monoisotopic (exact) mass is 201 g/mol. The van der Waals surface area contributed by atoms with Crippen LogP contribution in [0.4, 0.5) is 0 Å². The van der Waals surface area contributed by atoms with Crippen LogP contribution in [-0.4, -0.2) is 25.3 Å². The zero-order chi connectivity index (χ0) is 11.0. The molecule has 1 N–H and O–H groups in total. The topological polar surface area (TPSA) is 21.3 Å². The largest absolute Gasteiger partial charge is 0.381 e. The van der Waals surface area contributed by atoms with Crippen molar-refractivity contribution in [1.82, 2.24) is 5.32 Å².